The van der Waals surface area contributed by atoms with Crippen LogP contribution in [0.2, 0.25) is 32.2 Å². The minimum Gasteiger partial charge on any atom is -0.412 e. The van der Waals surface area contributed by atoms with Gasteiger partial charge < -0.3 is 12.7 Å². The molecular formula is C18H34O3Si3. The second-order valence-corrected chi connectivity index (χ2v) is 19.4. The minimum absolute atomic E-state index is 0.757. The van der Waals surface area contributed by atoms with Crippen LogP contribution in [0.25, 0.3) is 0 Å². The van der Waals surface area contributed by atoms with E-state index < -0.39 is 25.4 Å². The molecule has 0 spiro atoms. The maximum atomic E-state index is 6.59. The zero-order valence-electron chi connectivity index (χ0n) is 16.0. The quantitative estimate of drug-likeness (QED) is 0.390. The normalized spacial score (nSPS) is 26.8. The van der Waals surface area contributed by atoms with Crippen LogP contribution in [0.5, 0.6) is 0 Å². The molecule has 2 bridgehead atoms. The zero-order chi connectivity index (χ0) is 18.0. The lowest BCUT2D eigenvalue weighted by Gasteiger charge is -2.39. The van der Waals surface area contributed by atoms with Crippen LogP contribution < -0.4 is 0 Å². The summed E-state index contributed by atoms with van der Waals surface area (Å²) in [5.41, 5.74) is 3.94. The van der Waals surface area contributed by atoms with Crippen molar-refractivity contribution in [3.8, 4) is 0 Å². The van der Waals surface area contributed by atoms with Crippen molar-refractivity contribution in [3.63, 3.8) is 0 Å². The van der Waals surface area contributed by atoms with E-state index in [1.54, 1.807) is 7.11 Å². The summed E-state index contributed by atoms with van der Waals surface area (Å²) < 4.78 is 19.2. The van der Waals surface area contributed by atoms with Gasteiger partial charge in [0.15, 0.2) is 0 Å². The Labute approximate surface area is 151 Å². The first-order valence-corrected chi connectivity index (χ1v) is 17.0. The molecule has 6 heteroatoms. The zero-order valence-corrected chi connectivity index (χ0v) is 19.0. The molecule has 0 heterocycles. The molecule has 3 atom stereocenters. The number of rotatable bonds is 10. The van der Waals surface area contributed by atoms with E-state index in [0.717, 1.165) is 30.2 Å². The Balaban J connectivity index is 2.12. The van der Waals surface area contributed by atoms with E-state index in [2.05, 4.69) is 51.5 Å². The third kappa shape index (κ3) is 4.89. The van der Waals surface area contributed by atoms with E-state index in [-0.39, 0.29) is 0 Å². The van der Waals surface area contributed by atoms with Gasteiger partial charge >= 0.3 is 8.80 Å². The molecule has 2 aliphatic carbocycles. The maximum absolute atomic E-state index is 6.59. The van der Waals surface area contributed by atoms with Gasteiger partial charge in [0, 0.05) is 13.2 Å². The molecule has 0 saturated heterocycles. The van der Waals surface area contributed by atoms with Crippen molar-refractivity contribution in [1.82, 2.24) is 0 Å². The lowest BCUT2D eigenvalue weighted by molar-refractivity contribution is 0.195. The summed E-state index contributed by atoms with van der Waals surface area (Å²) in [6.45, 7) is 16.6. The molecular weight excluding hydrogens is 348 g/mol. The van der Waals surface area contributed by atoms with Crippen LogP contribution in [0.3, 0.4) is 0 Å². The Hall–Kier alpha value is -0.249. The van der Waals surface area contributed by atoms with Gasteiger partial charge in [-0.1, -0.05) is 23.6 Å². The first-order chi connectivity index (χ1) is 11.1. The van der Waals surface area contributed by atoms with Gasteiger partial charge in [0.1, 0.15) is 0 Å². The fourth-order valence-corrected chi connectivity index (χ4v) is 13.8. The van der Waals surface area contributed by atoms with E-state index in [4.69, 9.17) is 12.7 Å². The number of hydrogen-bond donors (Lipinski definition) is 0. The van der Waals surface area contributed by atoms with E-state index in [1.165, 1.54) is 12.8 Å². The van der Waals surface area contributed by atoms with E-state index in [9.17, 15) is 0 Å². The Morgan fingerprint density at radius 3 is 1.96 bits per heavy atom. The highest BCUT2D eigenvalue weighted by Crippen LogP contribution is 2.46. The Morgan fingerprint density at radius 2 is 1.58 bits per heavy atom. The second kappa shape index (κ2) is 7.55. The van der Waals surface area contributed by atoms with Crippen LogP contribution in [0, 0.1) is 17.8 Å². The van der Waals surface area contributed by atoms with Crippen LogP contribution in [0.1, 0.15) is 19.3 Å². The van der Waals surface area contributed by atoms with E-state index in [0.29, 0.717) is 0 Å². The van der Waals surface area contributed by atoms with Gasteiger partial charge in [-0.2, -0.15) is 0 Å². The van der Waals surface area contributed by atoms with Gasteiger partial charge in [0.2, 0.25) is 16.6 Å². The van der Waals surface area contributed by atoms with Crippen molar-refractivity contribution in [2.45, 2.75) is 51.5 Å². The van der Waals surface area contributed by atoms with Crippen molar-refractivity contribution in [1.29, 1.82) is 0 Å². The van der Waals surface area contributed by atoms with Gasteiger partial charge in [-0.3, -0.25) is 0 Å². The molecule has 0 N–H and O–H groups in total. The van der Waals surface area contributed by atoms with Crippen LogP contribution in [-0.4, -0.2) is 32.5 Å². The molecule has 3 unspecified atom stereocenters. The van der Waals surface area contributed by atoms with Crippen LogP contribution in [0.15, 0.2) is 36.7 Å². The van der Waals surface area contributed by atoms with Crippen molar-refractivity contribution in [3.05, 3.63) is 36.7 Å². The van der Waals surface area contributed by atoms with Gasteiger partial charge in [-0.05, 0) is 63.2 Å². The number of hydrogen-bond acceptors (Lipinski definition) is 3. The summed E-state index contributed by atoms with van der Waals surface area (Å²) in [5, 5.41) is 0. The average molecular weight is 383 g/mol. The van der Waals surface area contributed by atoms with Gasteiger partial charge in [0.25, 0.3) is 0 Å². The van der Waals surface area contributed by atoms with Crippen LogP contribution >= 0.6 is 0 Å². The van der Waals surface area contributed by atoms with Crippen molar-refractivity contribution in [2.24, 2.45) is 17.8 Å². The predicted octanol–water partition coefficient (Wildman–Crippen LogP) is 5.07. The summed E-state index contributed by atoms with van der Waals surface area (Å²) >= 11 is 0. The summed E-state index contributed by atoms with van der Waals surface area (Å²) in [4.78, 5) is 0. The van der Waals surface area contributed by atoms with Crippen molar-refractivity contribution in [2.75, 3.05) is 7.11 Å². The third-order valence-electron chi connectivity index (χ3n) is 5.37. The molecule has 24 heavy (non-hydrogen) atoms. The predicted molar refractivity (Wildman–Crippen MR) is 109 cm³/mol. The lowest BCUT2D eigenvalue weighted by atomic mass is 9.91. The number of fused-ring (bicyclic) bond motifs is 2. The smallest absolute Gasteiger partial charge is 0.412 e. The molecule has 136 valence electrons. The second-order valence-electron chi connectivity index (χ2n) is 8.29. The highest BCUT2D eigenvalue weighted by Gasteiger charge is 2.49. The summed E-state index contributed by atoms with van der Waals surface area (Å²) in [7, 11) is -4.94. The number of allylic oxidation sites excluding steroid dienone is 2. The standard InChI is InChI=1S/C18H34O3Si3/c1-8-22(4,5)20-24(19-3,21-23(6,7)9-2)13-12-18-15-16-10-11-17(18)14-16/h8-11,16-18H,1-2,12-15H2,3-7H3. The first kappa shape index (κ1) is 20.1. The Kier molecular flexibility index (Phi) is 6.31. The first-order valence-electron chi connectivity index (χ1n) is 9.05. The molecule has 2 aliphatic rings. The van der Waals surface area contributed by atoms with E-state index >= 15 is 0 Å². The molecule has 1 fully saturated rings. The summed E-state index contributed by atoms with van der Waals surface area (Å²) in [5.74, 6) is 2.32. The molecule has 2 rings (SSSR count). The monoisotopic (exact) mass is 382 g/mol. The van der Waals surface area contributed by atoms with E-state index in [1.807, 2.05) is 11.4 Å². The average Bonchev–Trinajstić information content (AvgIpc) is 3.15. The molecule has 0 aliphatic heterocycles. The van der Waals surface area contributed by atoms with Gasteiger partial charge in [-0.15, -0.1) is 13.2 Å². The minimum atomic E-state index is -2.72. The highest BCUT2D eigenvalue weighted by atomic mass is 28.5. The fraction of sp³-hybridized carbons (Fsp3) is 0.667. The largest absolute Gasteiger partial charge is 0.480 e. The fourth-order valence-electron chi connectivity index (χ4n) is 3.78. The molecule has 3 nitrogen and oxygen atoms in total. The van der Waals surface area contributed by atoms with Gasteiger partial charge in [0.05, 0.1) is 0 Å². The summed E-state index contributed by atoms with van der Waals surface area (Å²) in [6.07, 6.45) is 8.61. The van der Waals surface area contributed by atoms with Crippen molar-refractivity contribution >= 4 is 25.4 Å². The van der Waals surface area contributed by atoms with Crippen LogP contribution in [0.4, 0.5) is 0 Å². The molecule has 0 aromatic heterocycles. The highest BCUT2D eigenvalue weighted by molar-refractivity contribution is 6.89. The SMILES string of the molecule is C=C[Si](C)(C)O[Si](CCC1CC2C=CC1C2)(OC)O[Si](C)(C)C=C. The lowest BCUT2D eigenvalue weighted by Crippen LogP contribution is -2.57. The molecule has 0 radical (unpaired) electrons. The molecule has 0 aromatic rings. The van der Waals surface area contributed by atoms with Crippen LogP contribution in [-0.2, 0) is 12.7 Å². The third-order valence-corrected chi connectivity index (χ3v) is 15.6. The summed E-state index contributed by atoms with van der Waals surface area (Å²) in [6, 6.07) is 0.903. The van der Waals surface area contributed by atoms with Crippen molar-refractivity contribution < 1.29 is 12.7 Å². The molecule has 0 amide bonds. The van der Waals surface area contributed by atoms with Gasteiger partial charge in [-0.25, -0.2) is 0 Å². The molecule has 1 saturated carbocycles. The topological polar surface area (TPSA) is 27.7 Å². The molecule has 0 aromatic carbocycles. The Bertz CT molecular complexity index is 480. The Morgan fingerprint density at radius 1 is 1.00 bits per heavy atom. The maximum Gasteiger partial charge on any atom is 0.480 e.